The summed E-state index contributed by atoms with van der Waals surface area (Å²) in [5.74, 6) is -0.311. The SMILES string of the molecule is CCCCCCCCCCCCC/C=C/C(=O)[C@H](COC)NC(C)=O. The molecular formula is C21H39NO3. The first-order valence-corrected chi connectivity index (χ1v) is 10.1. The molecule has 0 spiro atoms. The lowest BCUT2D eigenvalue weighted by Gasteiger charge is -2.13. The van der Waals surface area contributed by atoms with Crippen molar-refractivity contribution in [2.45, 2.75) is 96.9 Å². The number of hydrogen-bond donors (Lipinski definition) is 1. The van der Waals surface area contributed by atoms with Crippen LogP contribution in [0.2, 0.25) is 0 Å². The van der Waals surface area contributed by atoms with Crippen LogP contribution in [0.4, 0.5) is 0 Å². The van der Waals surface area contributed by atoms with Gasteiger partial charge in [-0.3, -0.25) is 9.59 Å². The Hall–Kier alpha value is -1.16. The van der Waals surface area contributed by atoms with E-state index in [4.69, 9.17) is 4.74 Å². The van der Waals surface area contributed by atoms with Gasteiger partial charge in [0.15, 0.2) is 5.78 Å². The molecule has 0 bridgehead atoms. The van der Waals surface area contributed by atoms with E-state index < -0.39 is 6.04 Å². The normalized spacial score (nSPS) is 12.4. The number of nitrogens with one attached hydrogen (secondary N) is 1. The molecule has 1 atom stereocenters. The smallest absolute Gasteiger partial charge is 0.217 e. The zero-order chi connectivity index (χ0) is 18.8. The van der Waals surface area contributed by atoms with E-state index in [9.17, 15) is 9.59 Å². The van der Waals surface area contributed by atoms with Crippen molar-refractivity contribution in [3.05, 3.63) is 12.2 Å². The molecule has 0 aromatic carbocycles. The highest BCUT2D eigenvalue weighted by molar-refractivity contribution is 5.96. The van der Waals surface area contributed by atoms with Crippen molar-refractivity contribution >= 4 is 11.7 Å². The van der Waals surface area contributed by atoms with Gasteiger partial charge in [0.1, 0.15) is 6.04 Å². The summed E-state index contributed by atoms with van der Waals surface area (Å²) in [5, 5.41) is 2.61. The Bertz CT molecular complexity index is 366. The Morgan fingerprint density at radius 3 is 1.92 bits per heavy atom. The largest absolute Gasteiger partial charge is 0.382 e. The number of hydrogen-bond acceptors (Lipinski definition) is 3. The Morgan fingerprint density at radius 1 is 0.920 bits per heavy atom. The van der Waals surface area contributed by atoms with Gasteiger partial charge in [0.05, 0.1) is 6.61 Å². The third-order valence-electron chi connectivity index (χ3n) is 4.31. The lowest BCUT2D eigenvalue weighted by atomic mass is 10.0. The van der Waals surface area contributed by atoms with Crippen LogP contribution in [0, 0.1) is 0 Å². The van der Waals surface area contributed by atoms with Gasteiger partial charge in [0.25, 0.3) is 0 Å². The van der Waals surface area contributed by atoms with Gasteiger partial charge in [-0.2, -0.15) is 0 Å². The first-order valence-electron chi connectivity index (χ1n) is 10.1. The minimum absolute atomic E-state index is 0.0971. The van der Waals surface area contributed by atoms with E-state index in [0.29, 0.717) is 0 Å². The number of unbranched alkanes of at least 4 members (excludes halogenated alkanes) is 11. The van der Waals surface area contributed by atoms with Gasteiger partial charge in [0, 0.05) is 14.0 Å². The highest BCUT2D eigenvalue weighted by Gasteiger charge is 2.16. The second-order valence-electron chi connectivity index (χ2n) is 6.84. The molecule has 0 aliphatic heterocycles. The second-order valence-corrected chi connectivity index (χ2v) is 6.84. The number of amides is 1. The molecule has 0 aliphatic rings. The fourth-order valence-corrected chi connectivity index (χ4v) is 2.85. The summed E-state index contributed by atoms with van der Waals surface area (Å²) in [5.41, 5.74) is 0. The molecular weight excluding hydrogens is 314 g/mol. The molecule has 0 saturated carbocycles. The second kappa shape index (κ2) is 17.7. The van der Waals surface area contributed by atoms with Crippen molar-refractivity contribution in [3.8, 4) is 0 Å². The van der Waals surface area contributed by atoms with Gasteiger partial charge in [-0.05, 0) is 18.9 Å². The highest BCUT2D eigenvalue weighted by atomic mass is 16.5. The highest BCUT2D eigenvalue weighted by Crippen LogP contribution is 2.12. The number of ether oxygens (including phenoxy) is 1. The maximum Gasteiger partial charge on any atom is 0.217 e. The van der Waals surface area contributed by atoms with Crippen LogP contribution in [0.3, 0.4) is 0 Å². The summed E-state index contributed by atoms with van der Waals surface area (Å²) < 4.78 is 4.98. The third-order valence-corrected chi connectivity index (χ3v) is 4.31. The van der Waals surface area contributed by atoms with E-state index in [2.05, 4.69) is 12.2 Å². The Labute approximate surface area is 154 Å². The van der Waals surface area contributed by atoms with Crippen LogP contribution in [0.25, 0.3) is 0 Å². The quantitative estimate of drug-likeness (QED) is 0.297. The maximum absolute atomic E-state index is 12.0. The van der Waals surface area contributed by atoms with Gasteiger partial charge >= 0.3 is 0 Å². The van der Waals surface area contributed by atoms with E-state index in [1.165, 1.54) is 78.2 Å². The lowest BCUT2D eigenvalue weighted by Crippen LogP contribution is -2.42. The van der Waals surface area contributed by atoms with Crippen LogP contribution in [0.1, 0.15) is 90.9 Å². The maximum atomic E-state index is 12.0. The van der Waals surface area contributed by atoms with Gasteiger partial charge in [-0.25, -0.2) is 0 Å². The van der Waals surface area contributed by atoms with E-state index in [-0.39, 0.29) is 18.3 Å². The third kappa shape index (κ3) is 16.1. The van der Waals surface area contributed by atoms with Crippen LogP contribution in [0.15, 0.2) is 12.2 Å². The topological polar surface area (TPSA) is 55.4 Å². The van der Waals surface area contributed by atoms with Gasteiger partial charge in [0.2, 0.25) is 5.91 Å². The molecule has 0 aromatic rings. The summed E-state index contributed by atoms with van der Waals surface area (Å²) in [4.78, 5) is 23.1. The molecule has 0 fully saturated rings. The predicted molar refractivity (Wildman–Crippen MR) is 105 cm³/mol. The minimum atomic E-state index is -0.573. The summed E-state index contributed by atoms with van der Waals surface area (Å²) in [6.07, 6.45) is 19.0. The Balaban J connectivity index is 3.58. The number of rotatable bonds is 17. The van der Waals surface area contributed by atoms with Gasteiger partial charge in [-0.1, -0.05) is 77.2 Å². The van der Waals surface area contributed by atoms with Crippen LogP contribution in [-0.4, -0.2) is 31.4 Å². The monoisotopic (exact) mass is 353 g/mol. The molecule has 4 nitrogen and oxygen atoms in total. The summed E-state index contributed by atoms with van der Waals surface area (Å²) in [6, 6.07) is -0.573. The summed E-state index contributed by atoms with van der Waals surface area (Å²) in [7, 11) is 1.52. The molecule has 0 unspecified atom stereocenters. The molecule has 4 heteroatoms. The molecule has 0 heterocycles. The first-order chi connectivity index (χ1) is 12.1. The number of carbonyl (C=O) groups excluding carboxylic acids is 2. The average molecular weight is 354 g/mol. The minimum Gasteiger partial charge on any atom is -0.382 e. The molecule has 0 aromatic heterocycles. The molecule has 0 aliphatic carbocycles. The number of allylic oxidation sites excluding steroid dienone is 1. The van der Waals surface area contributed by atoms with E-state index in [1.807, 2.05) is 6.08 Å². The fraction of sp³-hybridized carbons (Fsp3) is 0.810. The van der Waals surface area contributed by atoms with Crippen molar-refractivity contribution in [3.63, 3.8) is 0 Å². The number of carbonyl (C=O) groups is 2. The first kappa shape index (κ1) is 23.8. The molecule has 1 amide bonds. The molecule has 146 valence electrons. The van der Waals surface area contributed by atoms with E-state index in [0.717, 1.165) is 12.8 Å². The average Bonchev–Trinajstić information content (AvgIpc) is 2.58. The zero-order valence-electron chi connectivity index (χ0n) is 16.6. The van der Waals surface area contributed by atoms with Crippen LogP contribution in [-0.2, 0) is 14.3 Å². The molecule has 0 radical (unpaired) electrons. The standard InChI is InChI=1S/C21H39NO3/c1-4-5-6-7-8-9-10-11-12-13-14-15-16-17-21(24)20(18-25-3)22-19(2)23/h16-17,20H,4-15,18H2,1-3H3,(H,22,23)/b17-16+/t20-/m0/s1. The van der Waals surface area contributed by atoms with E-state index in [1.54, 1.807) is 6.08 Å². The van der Waals surface area contributed by atoms with Crippen LogP contribution >= 0.6 is 0 Å². The fourth-order valence-electron chi connectivity index (χ4n) is 2.85. The van der Waals surface area contributed by atoms with Crippen molar-refractivity contribution < 1.29 is 14.3 Å². The number of methoxy groups -OCH3 is 1. The Kier molecular flexibility index (Phi) is 16.8. The van der Waals surface area contributed by atoms with Gasteiger partial charge in [-0.15, -0.1) is 0 Å². The van der Waals surface area contributed by atoms with Crippen molar-refractivity contribution in [1.82, 2.24) is 5.32 Å². The molecule has 1 N–H and O–H groups in total. The summed E-state index contributed by atoms with van der Waals surface area (Å²) >= 11 is 0. The van der Waals surface area contributed by atoms with Crippen LogP contribution in [0.5, 0.6) is 0 Å². The summed E-state index contributed by atoms with van der Waals surface area (Å²) in [6.45, 7) is 3.87. The molecule has 0 rings (SSSR count). The van der Waals surface area contributed by atoms with E-state index >= 15 is 0 Å². The van der Waals surface area contributed by atoms with Crippen molar-refractivity contribution in [2.75, 3.05) is 13.7 Å². The number of ketones is 1. The molecule has 25 heavy (non-hydrogen) atoms. The lowest BCUT2D eigenvalue weighted by molar-refractivity contribution is -0.125. The Morgan fingerprint density at radius 2 is 1.44 bits per heavy atom. The zero-order valence-corrected chi connectivity index (χ0v) is 16.6. The van der Waals surface area contributed by atoms with Gasteiger partial charge < -0.3 is 10.1 Å². The van der Waals surface area contributed by atoms with Crippen molar-refractivity contribution in [1.29, 1.82) is 0 Å². The predicted octanol–water partition coefficient (Wildman–Crippen LogP) is 4.96. The van der Waals surface area contributed by atoms with Crippen LogP contribution < -0.4 is 5.32 Å². The van der Waals surface area contributed by atoms with Crippen molar-refractivity contribution in [2.24, 2.45) is 0 Å². The molecule has 0 saturated heterocycles.